The van der Waals surface area contributed by atoms with Gasteiger partial charge in [0, 0.05) is 5.41 Å². The van der Waals surface area contributed by atoms with E-state index in [4.69, 9.17) is 28.4 Å². The molecule has 8 rings (SSSR count). The van der Waals surface area contributed by atoms with Crippen LogP contribution in [0.2, 0.25) is 0 Å². The van der Waals surface area contributed by atoms with Gasteiger partial charge in [0.15, 0.2) is 18.9 Å². The standard InChI is InChI=1S/C48H78O19/c1-43(2)13-15-48(42(60)61)16-14-46(5)22(23(48)17-43)7-8-28-44(3)11-10-29(45(4,21-52)27(44)9-12-47(28,46)6)65-41-38(67-40-36(59)34(57)31(54)25(19-50)63-40)37(32(55)26(20-51)64-41)66-39-35(58)33(56)30(53)24(18-49)62-39/h7,23-41,49-59H,8-21H2,1-6H3,(H,60,61)/t23-,24-,25-,26+,27+,28-,29+,30+,31+,32+,33+,34+,35+,36-,37+,38+,39+,40-,41-,44+,45-,46-,47+,48+/m0/s1. The number of hydrogen-bond acceptors (Lipinski definition) is 18. The monoisotopic (exact) mass is 959 g/mol. The first-order valence-electron chi connectivity index (χ1n) is 24.5. The van der Waals surface area contributed by atoms with Crippen LogP contribution in [0.4, 0.5) is 0 Å². The first-order valence-corrected chi connectivity index (χ1v) is 24.5. The second-order valence-corrected chi connectivity index (χ2v) is 23.3. The predicted octanol–water partition coefficient (Wildman–Crippen LogP) is -0.321. The van der Waals surface area contributed by atoms with E-state index in [1.165, 1.54) is 5.57 Å². The summed E-state index contributed by atoms with van der Waals surface area (Å²) in [5, 5.41) is 129. The molecule has 7 fully saturated rings. The molecule has 0 radical (unpaired) electrons. The first kappa shape index (κ1) is 51.9. The summed E-state index contributed by atoms with van der Waals surface area (Å²) in [6, 6.07) is 0. The van der Waals surface area contributed by atoms with Crippen LogP contribution in [0.1, 0.15) is 106 Å². The molecule has 19 heteroatoms. The minimum atomic E-state index is -1.94. The van der Waals surface area contributed by atoms with Gasteiger partial charge in [-0.3, -0.25) is 4.79 Å². The summed E-state index contributed by atoms with van der Waals surface area (Å²) in [6.07, 6.45) is -17.1. The van der Waals surface area contributed by atoms with Crippen LogP contribution in [0.25, 0.3) is 0 Å². The molecule has 8 aliphatic rings. The fourth-order valence-corrected chi connectivity index (χ4v) is 15.1. The van der Waals surface area contributed by atoms with Crippen LogP contribution in [0.3, 0.4) is 0 Å². The van der Waals surface area contributed by atoms with Crippen LogP contribution in [0, 0.1) is 50.2 Å². The van der Waals surface area contributed by atoms with Crippen LogP contribution in [-0.4, -0.2) is 192 Å². The molecule has 0 unspecified atom stereocenters. The minimum absolute atomic E-state index is 0.0215. The highest BCUT2D eigenvalue weighted by molar-refractivity contribution is 5.76. The van der Waals surface area contributed by atoms with Crippen molar-refractivity contribution in [1.82, 2.24) is 0 Å². The zero-order chi connectivity index (χ0) is 49.0. The lowest BCUT2D eigenvalue weighted by Gasteiger charge is -2.71. The molecule has 0 aromatic heterocycles. The lowest BCUT2D eigenvalue weighted by atomic mass is 9.33. The number of aliphatic carboxylic acids is 1. The lowest BCUT2D eigenvalue weighted by Crippen LogP contribution is -2.69. The van der Waals surface area contributed by atoms with Gasteiger partial charge in [0.25, 0.3) is 0 Å². The lowest BCUT2D eigenvalue weighted by molar-refractivity contribution is -0.400. The number of aliphatic hydroxyl groups is 11. The number of carbonyl (C=O) groups is 1. The van der Waals surface area contributed by atoms with Crippen molar-refractivity contribution in [2.75, 3.05) is 26.4 Å². The van der Waals surface area contributed by atoms with Gasteiger partial charge < -0.3 is 89.7 Å². The van der Waals surface area contributed by atoms with Gasteiger partial charge >= 0.3 is 5.97 Å². The number of rotatable bonds is 11. The largest absolute Gasteiger partial charge is 0.481 e. The molecule has 384 valence electrons. The molecule has 0 aromatic rings. The minimum Gasteiger partial charge on any atom is -0.481 e. The molecule has 3 aliphatic heterocycles. The average molecular weight is 959 g/mol. The van der Waals surface area contributed by atoms with E-state index < -0.39 is 135 Å². The molecule has 0 bridgehead atoms. The Labute approximate surface area is 392 Å². The van der Waals surface area contributed by atoms with Crippen LogP contribution in [0.15, 0.2) is 11.6 Å². The van der Waals surface area contributed by atoms with Crippen molar-refractivity contribution in [3.05, 3.63) is 11.6 Å². The molecule has 3 heterocycles. The Morgan fingerprint density at radius 3 is 1.70 bits per heavy atom. The fraction of sp³-hybridized carbons (Fsp3) is 0.938. The summed E-state index contributed by atoms with van der Waals surface area (Å²) in [5.41, 5.74) is -1.13. The number of fused-ring (bicyclic) bond motifs is 7. The summed E-state index contributed by atoms with van der Waals surface area (Å²) in [6.45, 7) is 10.9. The Hall–Kier alpha value is -1.47. The van der Waals surface area contributed by atoms with Crippen molar-refractivity contribution in [1.29, 1.82) is 0 Å². The Balaban J connectivity index is 1.11. The van der Waals surface area contributed by atoms with E-state index in [0.717, 1.165) is 38.5 Å². The Bertz CT molecular complexity index is 1810. The Kier molecular flexibility index (Phi) is 14.4. The quantitative estimate of drug-likeness (QED) is 0.0933. The second kappa shape index (κ2) is 18.5. The maximum Gasteiger partial charge on any atom is 0.310 e. The van der Waals surface area contributed by atoms with E-state index >= 15 is 0 Å². The molecule has 3 saturated heterocycles. The normalized spacial score (nSPS) is 54.2. The number of aliphatic hydroxyl groups excluding tert-OH is 11. The van der Waals surface area contributed by atoms with Gasteiger partial charge in [-0.1, -0.05) is 53.2 Å². The number of carboxylic acid groups (broad SMARTS) is 1. The smallest absolute Gasteiger partial charge is 0.310 e. The van der Waals surface area contributed by atoms with E-state index in [-0.39, 0.29) is 46.0 Å². The van der Waals surface area contributed by atoms with Crippen LogP contribution < -0.4 is 0 Å². The molecular formula is C48H78O19. The van der Waals surface area contributed by atoms with E-state index in [2.05, 4.69) is 40.7 Å². The number of allylic oxidation sites excluding steroid dienone is 2. The third-order valence-electron chi connectivity index (χ3n) is 19.5. The highest BCUT2D eigenvalue weighted by atomic mass is 16.8. The highest BCUT2D eigenvalue weighted by Gasteiger charge is 2.70. The molecule has 12 N–H and O–H groups in total. The first-order chi connectivity index (χ1) is 31.4. The molecule has 5 aliphatic carbocycles. The van der Waals surface area contributed by atoms with Gasteiger partial charge in [0.2, 0.25) is 0 Å². The third-order valence-corrected chi connectivity index (χ3v) is 19.5. The van der Waals surface area contributed by atoms with Gasteiger partial charge in [-0.2, -0.15) is 0 Å². The molecule has 19 nitrogen and oxygen atoms in total. The molecule has 0 amide bonds. The maximum atomic E-state index is 13.2. The predicted molar refractivity (Wildman–Crippen MR) is 232 cm³/mol. The molecule has 4 saturated carbocycles. The van der Waals surface area contributed by atoms with Crippen molar-refractivity contribution in [2.24, 2.45) is 50.2 Å². The SMILES string of the molecule is CC1(C)CC[C@@]2(C(=O)O)CC[C@@]3(C)C(=CC[C@H]4[C@]5(C)CC[C@@H](O[C@@H]6O[C@H](CO)[C@@H](O)[C@@H](O[C@H]7O[C@@H](CO)[C@@H](O)[C@@H](O)[C@H]7O)[C@H]6O[C@@H]6O[C@@H](CO)[C@@H](O)[C@@H](O)[C@@H]6O)[C@@](C)(CO)[C@@H]5CC[C@]43C)[C@@H]2C1. The molecular weight excluding hydrogens is 881 g/mol. The van der Waals surface area contributed by atoms with E-state index in [1.54, 1.807) is 0 Å². The number of carboxylic acids is 1. The molecule has 24 atom stereocenters. The summed E-state index contributed by atoms with van der Waals surface area (Å²) >= 11 is 0. The van der Waals surface area contributed by atoms with Crippen LogP contribution >= 0.6 is 0 Å². The van der Waals surface area contributed by atoms with E-state index in [1.807, 2.05) is 6.92 Å². The van der Waals surface area contributed by atoms with Gasteiger partial charge in [-0.05, 0) is 104 Å². The van der Waals surface area contributed by atoms with Crippen LogP contribution in [-0.2, 0) is 33.2 Å². The highest BCUT2D eigenvalue weighted by Crippen LogP contribution is 2.76. The topological polar surface area (TPSA) is 315 Å². The van der Waals surface area contributed by atoms with Crippen molar-refractivity contribution in [2.45, 2.75) is 204 Å². The fourth-order valence-electron chi connectivity index (χ4n) is 15.1. The summed E-state index contributed by atoms with van der Waals surface area (Å²) < 4.78 is 36.9. The van der Waals surface area contributed by atoms with Crippen molar-refractivity contribution >= 4 is 5.97 Å². The van der Waals surface area contributed by atoms with E-state index in [9.17, 15) is 66.1 Å². The van der Waals surface area contributed by atoms with Crippen LogP contribution in [0.5, 0.6) is 0 Å². The zero-order valence-corrected chi connectivity index (χ0v) is 39.7. The molecule has 0 aromatic carbocycles. The van der Waals surface area contributed by atoms with Gasteiger partial charge in [0.05, 0.1) is 37.9 Å². The van der Waals surface area contributed by atoms with Gasteiger partial charge in [-0.25, -0.2) is 0 Å². The number of ether oxygens (including phenoxy) is 6. The molecule has 0 spiro atoms. The summed E-state index contributed by atoms with van der Waals surface area (Å²) in [5.74, 6) is -0.674. The molecule has 67 heavy (non-hydrogen) atoms. The average Bonchev–Trinajstić information content (AvgIpc) is 3.29. The van der Waals surface area contributed by atoms with E-state index in [0.29, 0.717) is 25.7 Å². The Morgan fingerprint density at radius 1 is 0.612 bits per heavy atom. The zero-order valence-electron chi connectivity index (χ0n) is 39.7. The number of hydrogen-bond donors (Lipinski definition) is 12. The van der Waals surface area contributed by atoms with Gasteiger partial charge in [0.1, 0.15) is 73.2 Å². The third kappa shape index (κ3) is 8.10. The summed E-state index contributed by atoms with van der Waals surface area (Å²) in [7, 11) is 0. The Morgan fingerprint density at radius 2 is 1.15 bits per heavy atom. The van der Waals surface area contributed by atoms with Gasteiger partial charge in [-0.15, -0.1) is 0 Å². The van der Waals surface area contributed by atoms with Crippen molar-refractivity contribution in [3.63, 3.8) is 0 Å². The summed E-state index contributed by atoms with van der Waals surface area (Å²) in [4.78, 5) is 13.2. The maximum absolute atomic E-state index is 13.2. The van der Waals surface area contributed by atoms with Crippen molar-refractivity contribution in [3.8, 4) is 0 Å². The van der Waals surface area contributed by atoms with Crippen molar-refractivity contribution < 1.29 is 94.5 Å². The second-order valence-electron chi connectivity index (χ2n) is 23.3.